The van der Waals surface area contributed by atoms with Gasteiger partial charge in [0.05, 0.1) is 36.1 Å². The molecular weight excluding hydrogens is 418 g/mol. The van der Waals surface area contributed by atoms with Crippen molar-refractivity contribution < 1.29 is 9.53 Å². The lowest BCUT2D eigenvalue weighted by Gasteiger charge is -2.35. The normalized spacial score (nSPS) is 19.0. The Bertz CT molecular complexity index is 1230. The van der Waals surface area contributed by atoms with Crippen LogP contribution in [0, 0.1) is 0 Å². The van der Waals surface area contributed by atoms with Crippen LogP contribution in [-0.2, 0) is 24.3 Å². The van der Waals surface area contributed by atoms with Gasteiger partial charge in [-0.25, -0.2) is 9.50 Å². The van der Waals surface area contributed by atoms with E-state index in [1.807, 2.05) is 25.1 Å². The van der Waals surface area contributed by atoms with Gasteiger partial charge in [0.25, 0.3) is 5.56 Å². The average molecular weight is 450 g/mol. The van der Waals surface area contributed by atoms with Gasteiger partial charge in [-0.05, 0) is 32.4 Å². The molecule has 1 aromatic carbocycles. The summed E-state index contributed by atoms with van der Waals surface area (Å²) in [6.07, 6.45) is 3.94. The van der Waals surface area contributed by atoms with Gasteiger partial charge in [0, 0.05) is 38.1 Å². The first kappa shape index (κ1) is 21.7. The molecule has 0 aliphatic carbocycles. The molecule has 0 spiro atoms. The minimum atomic E-state index is -0.101. The first-order chi connectivity index (χ1) is 16.0. The molecule has 0 bridgehead atoms. The lowest BCUT2D eigenvalue weighted by molar-refractivity contribution is -0.129. The zero-order chi connectivity index (χ0) is 22.9. The van der Waals surface area contributed by atoms with Gasteiger partial charge in [-0.3, -0.25) is 19.6 Å². The summed E-state index contributed by atoms with van der Waals surface area (Å²) in [4.78, 5) is 34.0. The van der Waals surface area contributed by atoms with Crippen molar-refractivity contribution in [3.63, 3.8) is 0 Å². The van der Waals surface area contributed by atoms with Gasteiger partial charge < -0.3 is 9.64 Å². The van der Waals surface area contributed by atoms with Crippen LogP contribution in [-0.4, -0.2) is 50.0 Å². The van der Waals surface area contributed by atoms with Crippen LogP contribution in [0.1, 0.15) is 61.7 Å². The van der Waals surface area contributed by atoms with Gasteiger partial charge in [0.1, 0.15) is 5.75 Å². The van der Waals surface area contributed by atoms with Gasteiger partial charge in [0.2, 0.25) is 5.91 Å². The Hall–Kier alpha value is -3.13. The summed E-state index contributed by atoms with van der Waals surface area (Å²) in [6.45, 7) is 6.92. The zero-order valence-corrected chi connectivity index (χ0v) is 19.3. The van der Waals surface area contributed by atoms with Crippen LogP contribution < -0.4 is 10.3 Å². The van der Waals surface area contributed by atoms with Gasteiger partial charge in [-0.2, -0.15) is 0 Å². The number of para-hydroxylation sites is 1. The standard InChI is InChI=1S/C25H31N5O3/c1-3-33-23-10-5-4-8-18(23)15-29-12-7-6-9-22(29)21-14-24-26-20-11-13-28(17(2)31)16-19(20)25(32)30(24)27-21/h4-5,8,10,14,22,27H,3,6-7,9,11-13,15-16H2,1-2H3. The number of amides is 1. The smallest absolute Gasteiger partial charge is 0.277 e. The van der Waals surface area contributed by atoms with E-state index in [2.05, 4.69) is 22.1 Å². The van der Waals surface area contributed by atoms with E-state index in [9.17, 15) is 9.59 Å². The summed E-state index contributed by atoms with van der Waals surface area (Å²) in [6, 6.07) is 10.4. The van der Waals surface area contributed by atoms with E-state index >= 15 is 0 Å². The van der Waals surface area contributed by atoms with Crippen LogP contribution in [0.4, 0.5) is 0 Å². The summed E-state index contributed by atoms with van der Waals surface area (Å²) in [5.41, 5.74) is 4.18. The summed E-state index contributed by atoms with van der Waals surface area (Å²) in [7, 11) is 0. The number of hydrogen-bond donors (Lipinski definition) is 1. The molecule has 1 amide bonds. The van der Waals surface area contributed by atoms with Crippen molar-refractivity contribution >= 4 is 11.6 Å². The van der Waals surface area contributed by atoms with Crippen LogP contribution in [0.25, 0.3) is 5.65 Å². The fourth-order valence-electron chi connectivity index (χ4n) is 5.12. The second-order valence-electron chi connectivity index (χ2n) is 8.96. The second-order valence-corrected chi connectivity index (χ2v) is 8.96. The van der Waals surface area contributed by atoms with Crippen LogP contribution >= 0.6 is 0 Å². The number of benzene rings is 1. The predicted molar refractivity (Wildman–Crippen MR) is 125 cm³/mol. The van der Waals surface area contributed by atoms with Crippen LogP contribution in [0.3, 0.4) is 0 Å². The third kappa shape index (κ3) is 4.15. The van der Waals surface area contributed by atoms with E-state index in [-0.39, 0.29) is 17.5 Å². The molecule has 5 rings (SSSR count). The number of H-pyrrole nitrogens is 1. The van der Waals surface area contributed by atoms with Crippen molar-refractivity contribution in [2.75, 3.05) is 19.7 Å². The van der Waals surface area contributed by atoms with Crippen LogP contribution in [0.5, 0.6) is 5.75 Å². The largest absolute Gasteiger partial charge is 0.494 e. The molecule has 3 aromatic rings. The van der Waals surface area contributed by atoms with Gasteiger partial charge in [-0.1, -0.05) is 24.6 Å². The Morgan fingerprint density at radius 2 is 2.09 bits per heavy atom. The quantitative estimate of drug-likeness (QED) is 0.647. The monoisotopic (exact) mass is 449 g/mol. The molecule has 2 aliphatic rings. The van der Waals surface area contributed by atoms with E-state index in [4.69, 9.17) is 9.72 Å². The molecule has 174 valence electrons. The van der Waals surface area contributed by atoms with Gasteiger partial charge >= 0.3 is 0 Å². The number of nitrogens with zero attached hydrogens (tertiary/aromatic N) is 4. The Labute approximate surface area is 193 Å². The molecule has 1 atom stereocenters. The maximum absolute atomic E-state index is 13.3. The molecule has 1 fully saturated rings. The number of carbonyl (C=O) groups is 1. The number of hydrogen-bond acceptors (Lipinski definition) is 5. The van der Waals surface area contributed by atoms with Crippen molar-refractivity contribution in [1.82, 2.24) is 24.4 Å². The Balaban J connectivity index is 1.47. The number of piperidine rings is 1. The molecule has 1 unspecified atom stereocenters. The number of carbonyl (C=O) groups excluding carboxylic acids is 1. The molecule has 2 aromatic heterocycles. The maximum atomic E-state index is 13.3. The molecule has 4 heterocycles. The molecule has 8 nitrogen and oxygen atoms in total. The fourth-order valence-corrected chi connectivity index (χ4v) is 5.12. The summed E-state index contributed by atoms with van der Waals surface area (Å²) >= 11 is 0. The second kappa shape index (κ2) is 9.02. The highest BCUT2D eigenvalue weighted by Gasteiger charge is 2.28. The third-order valence-corrected chi connectivity index (χ3v) is 6.85. The van der Waals surface area contributed by atoms with E-state index in [0.717, 1.165) is 49.5 Å². The number of ether oxygens (including phenoxy) is 1. The highest BCUT2D eigenvalue weighted by atomic mass is 16.5. The molecular formula is C25H31N5O3. The number of fused-ring (bicyclic) bond motifs is 2. The van der Waals surface area contributed by atoms with Crippen molar-refractivity contribution in [1.29, 1.82) is 0 Å². The van der Waals surface area contributed by atoms with Crippen LogP contribution in [0.15, 0.2) is 35.1 Å². The fraction of sp³-hybridized carbons (Fsp3) is 0.480. The SMILES string of the molecule is CCOc1ccccc1CN1CCCCC1c1cc2nc3c(c(=O)n2[nH]1)CN(C(C)=O)CC3. The molecule has 8 heteroatoms. The number of aromatic amines is 1. The van der Waals surface area contributed by atoms with Crippen molar-refractivity contribution in [3.05, 3.63) is 63.2 Å². The molecule has 1 saturated heterocycles. The molecule has 0 saturated carbocycles. The zero-order valence-electron chi connectivity index (χ0n) is 19.3. The average Bonchev–Trinajstić information content (AvgIpc) is 3.25. The Morgan fingerprint density at radius 3 is 2.91 bits per heavy atom. The Morgan fingerprint density at radius 1 is 1.24 bits per heavy atom. The van der Waals surface area contributed by atoms with Gasteiger partial charge in [0.15, 0.2) is 5.65 Å². The molecule has 33 heavy (non-hydrogen) atoms. The summed E-state index contributed by atoms with van der Waals surface area (Å²) in [5, 5.41) is 3.35. The summed E-state index contributed by atoms with van der Waals surface area (Å²) in [5.74, 6) is 0.920. The number of rotatable bonds is 5. The lowest BCUT2D eigenvalue weighted by Crippen LogP contribution is -2.39. The lowest BCUT2D eigenvalue weighted by atomic mass is 9.98. The third-order valence-electron chi connectivity index (χ3n) is 6.85. The van der Waals surface area contributed by atoms with E-state index in [0.29, 0.717) is 37.3 Å². The molecule has 1 N–H and O–H groups in total. The highest BCUT2D eigenvalue weighted by Crippen LogP contribution is 2.33. The maximum Gasteiger partial charge on any atom is 0.277 e. The number of likely N-dealkylation sites (tertiary alicyclic amines) is 1. The molecule has 2 aliphatic heterocycles. The summed E-state index contributed by atoms with van der Waals surface area (Å²) < 4.78 is 7.40. The van der Waals surface area contributed by atoms with E-state index in [1.165, 1.54) is 5.56 Å². The van der Waals surface area contributed by atoms with E-state index in [1.54, 1.807) is 16.3 Å². The molecule has 0 radical (unpaired) electrons. The number of aromatic nitrogens is 3. The Kier molecular flexibility index (Phi) is 5.93. The van der Waals surface area contributed by atoms with Crippen molar-refractivity contribution in [3.8, 4) is 5.75 Å². The van der Waals surface area contributed by atoms with Crippen molar-refractivity contribution in [2.45, 2.75) is 58.7 Å². The minimum absolute atomic E-state index is 0.0116. The van der Waals surface area contributed by atoms with E-state index < -0.39 is 0 Å². The number of nitrogens with one attached hydrogen (secondary N) is 1. The first-order valence-corrected chi connectivity index (χ1v) is 11.9. The van der Waals surface area contributed by atoms with Gasteiger partial charge in [-0.15, -0.1) is 0 Å². The topological polar surface area (TPSA) is 82.9 Å². The minimum Gasteiger partial charge on any atom is -0.494 e. The highest BCUT2D eigenvalue weighted by molar-refractivity contribution is 5.73. The first-order valence-electron chi connectivity index (χ1n) is 11.9. The predicted octanol–water partition coefficient (Wildman–Crippen LogP) is 3.05. The van der Waals surface area contributed by atoms with Crippen molar-refractivity contribution in [2.24, 2.45) is 0 Å². The van der Waals surface area contributed by atoms with Crippen LogP contribution in [0.2, 0.25) is 0 Å².